The van der Waals surface area contributed by atoms with Crippen LogP contribution in [0.25, 0.3) is 0 Å². The first-order valence-electron chi connectivity index (χ1n) is 8.28. The highest BCUT2D eigenvalue weighted by molar-refractivity contribution is 6.62. The van der Waals surface area contributed by atoms with Gasteiger partial charge in [0.25, 0.3) is 0 Å². The highest BCUT2D eigenvalue weighted by Gasteiger charge is 2.26. The van der Waals surface area contributed by atoms with Crippen LogP contribution in [0.4, 0.5) is 0 Å². The predicted octanol–water partition coefficient (Wildman–Crippen LogP) is 3.87. The van der Waals surface area contributed by atoms with E-state index in [1.807, 2.05) is 12.1 Å². The Labute approximate surface area is 133 Å². The van der Waals surface area contributed by atoms with Gasteiger partial charge in [-0.15, -0.1) is 0 Å². The molecule has 0 bridgehead atoms. The molecule has 0 atom stereocenters. The van der Waals surface area contributed by atoms with Gasteiger partial charge in [0, 0.05) is 10.5 Å². The van der Waals surface area contributed by atoms with Crippen molar-refractivity contribution in [1.82, 2.24) is 0 Å². The standard InChI is InChI=1S/C17H26BClO2/c1-2-3-4-6-13-9-11-14(12-10-13)15-7-5-8-16(17(15)19)18(20)21/h5,7-8,13-14,20-21H,2-4,6,9-12H2,1H3. The third-order valence-electron chi connectivity index (χ3n) is 4.84. The smallest absolute Gasteiger partial charge is 0.423 e. The lowest BCUT2D eigenvalue weighted by atomic mass is 9.74. The molecule has 1 aliphatic rings. The van der Waals surface area contributed by atoms with E-state index in [4.69, 9.17) is 11.6 Å². The van der Waals surface area contributed by atoms with Crippen molar-refractivity contribution in [2.24, 2.45) is 5.92 Å². The maximum atomic E-state index is 9.36. The van der Waals surface area contributed by atoms with Gasteiger partial charge in [0.2, 0.25) is 0 Å². The molecule has 0 spiro atoms. The lowest BCUT2D eigenvalue weighted by Crippen LogP contribution is -2.31. The van der Waals surface area contributed by atoms with Crippen LogP contribution >= 0.6 is 11.6 Å². The van der Waals surface area contributed by atoms with Crippen LogP contribution in [0.2, 0.25) is 5.02 Å². The van der Waals surface area contributed by atoms with E-state index in [1.165, 1.54) is 51.4 Å². The summed E-state index contributed by atoms with van der Waals surface area (Å²) in [6.07, 6.45) is 10.3. The molecule has 0 amide bonds. The molecule has 0 radical (unpaired) electrons. The van der Waals surface area contributed by atoms with Crippen molar-refractivity contribution >= 4 is 24.2 Å². The molecular formula is C17H26BClO2. The van der Waals surface area contributed by atoms with Gasteiger partial charge in [0.15, 0.2) is 0 Å². The predicted molar refractivity (Wildman–Crippen MR) is 90.1 cm³/mol. The maximum Gasteiger partial charge on any atom is 0.489 e. The van der Waals surface area contributed by atoms with E-state index in [1.54, 1.807) is 6.07 Å². The second-order valence-electron chi connectivity index (χ2n) is 6.34. The van der Waals surface area contributed by atoms with Crippen LogP contribution in [-0.2, 0) is 0 Å². The van der Waals surface area contributed by atoms with Gasteiger partial charge in [0.1, 0.15) is 0 Å². The van der Waals surface area contributed by atoms with Crippen molar-refractivity contribution in [3.63, 3.8) is 0 Å². The molecule has 4 heteroatoms. The molecule has 116 valence electrons. The summed E-state index contributed by atoms with van der Waals surface area (Å²) in [5, 5.41) is 19.3. The Hall–Kier alpha value is -0.505. The second kappa shape index (κ2) is 8.21. The molecule has 2 nitrogen and oxygen atoms in total. The van der Waals surface area contributed by atoms with E-state index in [9.17, 15) is 10.0 Å². The number of benzene rings is 1. The summed E-state index contributed by atoms with van der Waals surface area (Å²) in [4.78, 5) is 0. The Bertz CT molecular complexity index is 442. The molecule has 1 aromatic rings. The lowest BCUT2D eigenvalue weighted by Gasteiger charge is -2.29. The van der Waals surface area contributed by atoms with Gasteiger partial charge in [-0.05, 0) is 43.1 Å². The molecule has 21 heavy (non-hydrogen) atoms. The van der Waals surface area contributed by atoms with Crippen molar-refractivity contribution in [3.05, 3.63) is 28.8 Å². The largest absolute Gasteiger partial charge is 0.489 e. The second-order valence-corrected chi connectivity index (χ2v) is 6.72. The van der Waals surface area contributed by atoms with Crippen LogP contribution in [0.1, 0.15) is 69.8 Å². The number of unbranched alkanes of at least 4 members (excludes halogenated alkanes) is 2. The van der Waals surface area contributed by atoms with Crippen molar-refractivity contribution in [1.29, 1.82) is 0 Å². The van der Waals surface area contributed by atoms with Crippen LogP contribution < -0.4 is 5.46 Å². The average molecular weight is 309 g/mol. The van der Waals surface area contributed by atoms with Gasteiger partial charge in [-0.2, -0.15) is 0 Å². The third kappa shape index (κ3) is 4.48. The van der Waals surface area contributed by atoms with Crippen LogP contribution in [0.3, 0.4) is 0 Å². The van der Waals surface area contributed by atoms with Gasteiger partial charge >= 0.3 is 7.12 Å². The highest BCUT2D eigenvalue weighted by Crippen LogP contribution is 2.39. The minimum Gasteiger partial charge on any atom is -0.423 e. The van der Waals surface area contributed by atoms with Crippen molar-refractivity contribution in [3.8, 4) is 0 Å². The Kier molecular flexibility index (Phi) is 6.59. The van der Waals surface area contributed by atoms with Gasteiger partial charge in [-0.25, -0.2) is 0 Å². The lowest BCUT2D eigenvalue weighted by molar-refractivity contribution is 0.303. The fraction of sp³-hybridized carbons (Fsp3) is 0.647. The molecule has 0 heterocycles. The summed E-state index contributed by atoms with van der Waals surface area (Å²) in [7, 11) is -1.48. The van der Waals surface area contributed by atoms with Gasteiger partial charge < -0.3 is 10.0 Å². The molecular weight excluding hydrogens is 282 g/mol. The number of hydrogen-bond donors (Lipinski definition) is 2. The molecule has 0 unspecified atom stereocenters. The number of hydrogen-bond acceptors (Lipinski definition) is 2. The van der Waals surface area contributed by atoms with Crippen LogP contribution in [-0.4, -0.2) is 17.2 Å². The maximum absolute atomic E-state index is 9.36. The van der Waals surface area contributed by atoms with E-state index in [2.05, 4.69) is 6.92 Å². The molecule has 2 N–H and O–H groups in total. The Morgan fingerprint density at radius 3 is 2.48 bits per heavy atom. The number of halogens is 1. The van der Waals surface area contributed by atoms with Crippen LogP contribution in [0.5, 0.6) is 0 Å². The highest BCUT2D eigenvalue weighted by atomic mass is 35.5. The normalized spacial score (nSPS) is 22.3. The summed E-state index contributed by atoms with van der Waals surface area (Å²) < 4.78 is 0. The Balaban J connectivity index is 1.95. The van der Waals surface area contributed by atoms with Crippen molar-refractivity contribution in [2.45, 2.75) is 64.2 Å². The quantitative estimate of drug-likeness (QED) is 0.618. The summed E-state index contributed by atoms with van der Waals surface area (Å²) in [6.45, 7) is 2.25. The van der Waals surface area contributed by atoms with Crippen LogP contribution in [0, 0.1) is 5.92 Å². The van der Waals surface area contributed by atoms with E-state index in [-0.39, 0.29) is 0 Å². The third-order valence-corrected chi connectivity index (χ3v) is 5.28. The van der Waals surface area contributed by atoms with Crippen LogP contribution in [0.15, 0.2) is 18.2 Å². The van der Waals surface area contributed by atoms with Gasteiger partial charge in [-0.3, -0.25) is 0 Å². The minimum absolute atomic E-state index is 0.430. The Morgan fingerprint density at radius 1 is 1.14 bits per heavy atom. The Morgan fingerprint density at radius 2 is 1.86 bits per heavy atom. The van der Waals surface area contributed by atoms with Crippen molar-refractivity contribution in [2.75, 3.05) is 0 Å². The summed E-state index contributed by atoms with van der Waals surface area (Å²) in [5.74, 6) is 1.34. The zero-order valence-electron chi connectivity index (χ0n) is 12.9. The van der Waals surface area contributed by atoms with E-state index >= 15 is 0 Å². The fourth-order valence-electron chi connectivity index (χ4n) is 3.53. The average Bonchev–Trinajstić information content (AvgIpc) is 2.48. The number of rotatable bonds is 6. The zero-order valence-corrected chi connectivity index (χ0v) is 13.6. The summed E-state index contributed by atoms with van der Waals surface area (Å²) in [6, 6.07) is 5.60. The molecule has 0 aliphatic heterocycles. The molecule has 1 saturated carbocycles. The molecule has 0 aromatic heterocycles. The molecule has 1 fully saturated rings. The molecule has 1 aliphatic carbocycles. The van der Waals surface area contributed by atoms with E-state index in [0.29, 0.717) is 16.4 Å². The first-order chi connectivity index (χ1) is 10.1. The SMILES string of the molecule is CCCCCC1CCC(c2cccc(B(O)O)c2Cl)CC1. The van der Waals surface area contributed by atoms with Gasteiger partial charge in [0.05, 0.1) is 0 Å². The summed E-state index contributed by atoms with van der Waals surface area (Å²) in [5.41, 5.74) is 1.52. The molecule has 2 rings (SSSR count). The topological polar surface area (TPSA) is 40.5 Å². The minimum atomic E-state index is -1.48. The zero-order chi connectivity index (χ0) is 15.2. The van der Waals surface area contributed by atoms with E-state index < -0.39 is 7.12 Å². The van der Waals surface area contributed by atoms with Crippen molar-refractivity contribution < 1.29 is 10.0 Å². The monoisotopic (exact) mass is 308 g/mol. The van der Waals surface area contributed by atoms with E-state index in [0.717, 1.165) is 11.5 Å². The molecule has 0 saturated heterocycles. The fourth-order valence-corrected chi connectivity index (χ4v) is 3.91. The summed E-state index contributed by atoms with van der Waals surface area (Å²) >= 11 is 6.36. The molecule has 1 aromatic carbocycles. The first kappa shape index (κ1) is 16.9. The van der Waals surface area contributed by atoms with Gasteiger partial charge in [-0.1, -0.05) is 62.4 Å². The first-order valence-corrected chi connectivity index (χ1v) is 8.65.